The van der Waals surface area contributed by atoms with Gasteiger partial charge in [0.2, 0.25) is 5.95 Å². The molecule has 0 amide bonds. The average molecular weight is 443 g/mol. The summed E-state index contributed by atoms with van der Waals surface area (Å²) in [7, 11) is 0. The summed E-state index contributed by atoms with van der Waals surface area (Å²) in [6, 6.07) is 11.1. The Labute approximate surface area is 180 Å². The van der Waals surface area contributed by atoms with Crippen molar-refractivity contribution < 1.29 is 22.3 Å². The van der Waals surface area contributed by atoms with Crippen LogP contribution < -0.4 is 10.6 Å². The highest BCUT2D eigenvalue weighted by Gasteiger charge is 2.33. The van der Waals surface area contributed by atoms with Crippen LogP contribution in [0, 0.1) is 5.82 Å². The number of anilines is 2. The third-order valence-electron chi connectivity index (χ3n) is 5.35. The number of aryl methyl sites for hydroxylation is 1. The minimum absolute atomic E-state index is 0.00935. The molecular weight excluding hydrogens is 426 g/mol. The fourth-order valence-corrected chi connectivity index (χ4v) is 3.84. The monoisotopic (exact) mass is 443 g/mol. The molecule has 164 valence electrons. The van der Waals surface area contributed by atoms with Gasteiger partial charge in [0.1, 0.15) is 18.1 Å². The molecule has 2 aromatic carbocycles. The number of amidine groups is 1. The predicted molar refractivity (Wildman–Crippen MR) is 109 cm³/mol. The molecule has 1 aromatic heterocycles. The van der Waals surface area contributed by atoms with Crippen molar-refractivity contribution in [3.8, 4) is 0 Å². The van der Waals surface area contributed by atoms with Gasteiger partial charge in [-0.2, -0.15) is 18.2 Å². The Kier molecular flexibility index (Phi) is 4.91. The highest BCUT2D eigenvalue weighted by atomic mass is 19.4. The normalized spacial score (nSPS) is 17.1. The van der Waals surface area contributed by atoms with E-state index in [1.165, 1.54) is 6.07 Å². The minimum atomic E-state index is -4.55. The quantitative estimate of drug-likeness (QED) is 0.547. The van der Waals surface area contributed by atoms with E-state index in [4.69, 9.17) is 4.74 Å². The number of hydrogen-bond donors (Lipinski definition) is 2. The van der Waals surface area contributed by atoms with E-state index in [0.29, 0.717) is 17.4 Å². The first kappa shape index (κ1) is 20.2. The van der Waals surface area contributed by atoms with Crippen molar-refractivity contribution in [1.29, 1.82) is 0 Å². The summed E-state index contributed by atoms with van der Waals surface area (Å²) in [6.07, 6.45) is -1.90. The number of fused-ring (bicyclic) bond motifs is 2. The minimum Gasteiger partial charge on any atom is -0.460 e. The predicted octanol–water partition coefficient (Wildman–Crippen LogP) is 5.17. The first-order valence-electron chi connectivity index (χ1n) is 9.92. The van der Waals surface area contributed by atoms with Gasteiger partial charge in [-0.25, -0.2) is 14.4 Å². The van der Waals surface area contributed by atoms with Crippen molar-refractivity contribution in [3.05, 3.63) is 76.9 Å². The van der Waals surface area contributed by atoms with Gasteiger partial charge in [0, 0.05) is 17.4 Å². The van der Waals surface area contributed by atoms with Crippen LogP contribution in [0.25, 0.3) is 0 Å². The number of alkyl halides is 3. The number of ether oxygens (including phenoxy) is 1. The van der Waals surface area contributed by atoms with E-state index in [1.54, 1.807) is 30.3 Å². The second kappa shape index (κ2) is 7.77. The molecular formula is C22H17F4N5O. The molecule has 1 unspecified atom stereocenters. The first-order chi connectivity index (χ1) is 15.3. The topological polar surface area (TPSA) is 71.4 Å². The molecule has 2 heterocycles. The molecule has 1 aliphatic carbocycles. The summed E-state index contributed by atoms with van der Waals surface area (Å²) >= 11 is 0. The summed E-state index contributed by atoms with van der Waals surface area (Å²) in [6.45, 7) is 0.239. The summed E-state index contributed by atoms with van der Waals surface area (Å²) in [4.78, 5) is 11.8. The Morgan fingerprint density at radius 2 is 1.91 bits per heavy atom. The lowest BCUT2D eigenvalue weighted by atomic mass is 10.1. The van der Waals surface area contributed by atoms with E-state index in [9.17, 15) is 17.6 Å². The molecule has 0 spiro atoms. The van der Waals surface area contributed by atoms with Gasteiger partial charge < -0.3 is 15.4 Å². The van der Waals surface area contributed by atoms with Crippen LogP contribution in [0.2, 0.25) is 0 Å². The lowest BCUT2D eigenvalue weighted by molar-refractivity contribution is -0.141. The fraction of sp³-hybridized carbons (Fsp3) is 0.227. The van der Waals surface area contributed by atoms with E-state index in [2.05, 4.69) is 25.6 Å². The van der Waals surface area contributed by atoms with Gasteiger partial charge in [0.25, 0.3) is 6.02 Å². The van der Waals surface area contributed by atoms with Crippen LogP contribution in [0.3, 0.4) is 0 Å². The molecule has 2 N–H and O–H groups in total. The van der Waals surface area contributed by atoms with Gasteiger partial charge in [-0.1, -0.05) is 6.07 Å². The first-order valence-corrected chi connectivity index (χ1v) is 9.92. The Bertz CT molecular complexity index is 1210. The molecule has 0 bridgehead atoms. The number of benzene rings is 2. The number of aromatic nitrogens is 2. The second-order valence-corrected chi connectivity index (χ2v) is 7.52. The highest BCUT2D eigenvalue weighted by molar-refractivity contribution is 5.80. The lowest BCUT2D eigenvalue weighted by Crippen LogP contribution is -2.30. The molecule has 2 aliphatic rings. The van der Waals surface area contributed by atoms with Crippen molar-refractivity contribution in [1.82, 2.24) is 15.3 Å². The SMILES string of the molecule is Fc1ccc2c(c1)CCC2NC1=Nc2ccc(Nc3nccc(C(F)(F)F)n3)cc2CO1. The van der Waals surface area contributed by atoms with Crippen molar-refractivity contribution in [3.63, 3.8) is 0 Å². The third-order valence-corrected chi connectivity index (χ3v) is 5.35. The van der Waals surface area contributed by atoms with E-state index >= 15 is 0 Å². The number of nitrogens with zero attached hydrogens (tertiary/aromatic N) is 3. The molecule has 1 aliphatic heterocycles. The number of nitrogens with one attached hydrogen (secondary N) is 2. The number of rotatable bonds is 3. The van der Waals surface area contributed by atoms with Crippen LogP contribution in [-0.2, 0) is 23.9 Å². The number of hydrogen-bond acceptors (Lipinski definition) is 6. The van der Waals surface area contributed by atoms with Gasteiger partial charge in [0.05, 0.1) is 11.7 Å². The van der Waals surface area contributed by atoms with Gasteiger partial charge in [0.15, 0.2) is 0 Å². The Balaban J connectivity index is 1.31. The van der Waals surface area contributed by atoms with E-state index in [1.807, 2.05) is 0 Å². The highest BCUT2D eigenvalue weighted by Crippen LogP contribution is 2.34. The van der Waals surface area contributed by atoms with Gasteiger partial charge in [-0.3, -0.25) is 0 Å². The molecule has 10 heteroatoms. The lowest BCUT2D eigenvalue weighted by Gasteiger charge is -2.22. The summed E-state index contributed by atoms with van der Waals surface area (Å²) in [5.41, 5.74) is 2.96. The molecule has 0 radical (unpaired) electrons. The zero-order valence-electron chi connectivity index (χ0n) is 16.6. The summed E-state index contributed by atoms with van der Waals surface area (Å²) in [5.74, 6) is -0.400. The summed E-state index contributed by atoms with van der Waals surface area (Å²) < 4.78 is 57.7. The van der Waals surface area contributed by atoms with Gasteiger partial charge >= 0.3 is 6.18 Å². The van der Waals surface area contributed by atoms with E-state index in [-0.39, 0.29) is 24.4 Å². The molecule has 6 nitrogen and oxygen atoms in total. The zero-order chi connectivity index (χ0) is 22.3. The van der Waals surface area contributed by atoms with Crippen LogP contribution >= 0.6 is 0 Å². The Morgan fingerprint density at radius 1 is 1.03 bits per heavy atom. The van der Waals surface area contributed by atoms with Crippen LogP contribution in [0.4, 0.5) is 34.9 Å². The Morgan fingerprint density at radius 3 is 2.75 bits per heavy atom. The Hall–Kier alpha value is -3.69. The van der Waals surface area contributed by atoms with Crippen molar-refractivity contribution >= 4 is 23.3 Å². The van der Waals surface area contributed by atoms with Gasteiger partial charge in [-0.15, -0.1) is 0 Å². The molecule has 0 fully saturated rings. The smallest absolute Gasteiger partial charge is 0.433 e. The molecule has 3 aromatic rings. The maximum Gasteiger partial charge on any atom is 0.433 e. The van der Waals surface area contributed by atoms with Crippen LogP contribution in [0.1, 0.15) is 34.8 Å². The molecule has 1 atom stereocenters. The molecule has 0 saturated heterocycles. The van der Waals surface area contributed by atoms with Crippen molar-refractivity contribution in [2.75, 3.05) is 5.32 Å². The molecule has 5 rings (SSSR count). The van der Waals surface area contributed by atoms with Crippen LogP contribution in [0.15, 0.2) is 53.7 Å². The van der Waals surface area contributed by atoms with Crippen LogP contribution in [-0.4, -0.2) is 16.0 Å². The summed E-state index contributed by atoms with van der Waals surface area (Å²) in [5, 5.41) is 6.05. The van der Waals surface area contributed by atoms with Gasteiger partial charge in [-0.05, 0) is 60.4 Å². The van der Waals surface area contributed by atoms with E-state index in [0.717, 1.165) is 41.8 Å². The number of aliphatic imine (C=N–C) groups is 1. The van der Waals surface area contributed by atoms with E-state index < -0.39 is 11.9 Å². The molecule has 32 heavy (non-hydrogen) atoms. The average Bonchev–Trinajstić information content (AvgIpc) is 3.15. The zero-order valence-corrected chi connectivity index (χ0v) is 16.6. The third kappa shape index (κ3) is 4.08. The van der Waals surface area contributed by atoms with Crippen molar-refractivity contribution in [2.45, 2.75) is 31.7 Å². The maximum absolute atomic E-state index is 13.4. The van der Waals surface area contributed by atoms with Crippen molar-refractivity contribution in [2.24, 2.45) is 4.99 Å². The van der Waals surface area contributed by atoms with Crippen LogP contribution in [0.5, 0.6) is 0 Å². The largest absolute Gasteiger partial charge is 0.460 e. The second-order valence-electron chi connectivity index (χ2n) is 7.52. The molecule has 0 saturated carbocycles. The maximum atomic E-state index is 13.4. The fourth-order valence-electron chi connectivity index (χ4n) is 3.84. The standard InChI is InChI=1S/C22H17F4N5O/c23-14-2-4-16-12(9-14)1-5-18(16)30-21-29-17-6-3-15(10-13(17)11-32-21)28-20-27-8-7-19(31-20)22(24,25)26/h2-4,6-10,18H,1,5,11H2,(H,29,30)(H,27,28,31). The number of halogens is 4.